The minimum absolute atomic E-state index is 0.0174. The first kappa shape index (κ1) is 35.0. The topological polar surface area (TPSA) is 26.4 Å². The van der Waals surface area contributed by atoms with Crippen LogP contribution in [-0.2, 0) is 5.41 Å². The van der Waals surface area contributed by atoms with E-state index in [4.69, 9.17) is 0 Å². The Morgan fingerprint density at radius 1 is 0.338 bits per heavy atom. The molecule has 0 radical (unpaired) electrons. The molecule has 15 rings (SSSR count). The van der Waals surface area contributed by atoms with Gasteiger partial charge in [0.15, 0.2) is 0 Å². The van der Waals surface area contributed by atoms with Crippen molar-refractivity contribution in [2.45, 2.75) is 5.41 Å². The second kappa shape index (κ2) is 12.6. The molecule has 13 aromatic rings. The molecule has 2 aliphatic carbocycles. The summed E-state index contributed by atoms with van der Waals surface area (Å²) in [6.07, 6.45) is 0. The summed E-state index contributed by atoms with van der Waals surface area (Å²) in [6, 6.07) is 79.5. The van der Waals surface area contributed by atoms with Gasteiger partial charge in [-0.15, -0.1) is 0 Å². The molecule has 0 aliphatic heterocycles. The van der Waals surface area contributed by atoms with Crippen molar-refractivity contribution in [1.82, 2.24) is 8.97 Å². The van der Waals surface area contributed by atoms with E-state index in [2.05, 4.69) is 211 Å². The first-order valence-electron chi connectivity index (χ1n) is 22.5. The van der Waals surface area contributed by atoms with Crippen LogP contribution in [0.25, 0.3) is 110 Å². The van der Waals surface area contributed by atoms with Gasteiger partial charge in [-0.2, -0.15) is 0 Å². The quantitative estimate of drug-likeness (QED) is 0.163. The lowest BCUT2D eigenvalue weighted by Crippen LogP contribution is -2.25. The largest absolute Gasteiger partial charge is 0.309 e. The Bertz CT molecular complexity index is 4200. The van der Waals surface area contributed by atoms with Crippen LogP contribution in [0.1, 0.15) is 22.3 Å². The van der Waals surface area contributed by atoms with Gasteiger partial charge in [0.2, 0.25) is 0 Å². The zero-order valence-electron chi connectivity index (χ0n) is 35.1. The summed E-state index contributed by atoms with van der Waals surface area (Å²) in [5, 5.41) is 7.52. The van der Waals surface area contributed by atoms with Gasteiger partial charge in [0.05, 0.1) is 27.5 Å². The van der Waals surface area contributed by atoms with Crippen molar-refractivity contribution >= 4 is 59.8 Å². The van der Waals surface area contributed by atoms with E-state index in [9.17, 15) is 4.79 Å². The Morgan fingerprint density at radius 3 is 1.65 bits per heavy atom. The van der Waals surface area contributed by atoms with Crippen LogP contribution in [0.15, 0.2) is 223 Å². The van der Waals surface area contributed by atoms with E-state index in [-0.39, 0.29) is 5.56 Å². The van der Waals surface area contributed by atoms with Crippen molar-refractivity contribution in [3.8, 4) is 50.2 Å². The summed E-state index contributed by atoms with van der Waals surface area (Å²) in [5.74, 6) is 0. The molecule has 0 amide bonds. The third-order valence-electron chi connectivity index (χ3n) is 14.9. The summed E-state index contributed by atoms with van der Waals surface area (Å²) in [6.45, 7) is 0. The number of benzene rings is 10. The van der Waals surface area contributed by atoms with E-state index < -0.39 is 5.41 Å². The molecule has 0 N–H and O–H groups in total. The van der Waals surface area contributed by atoms with Crippen molar-refractivity contribution in [3.05, 3.63) is 251 Å². The molecular weight excluding hydrogens is 789 g/mol. The van der Waals surface area contributed by atoms with E-state index in [1.807, 2.05) is 16.5 Å². The Kier molecular flexibility index (Phi) is 6.76. The maximum Gasteiger partial charge on any atom is 0.263 e. The molecule has 65 heavy (non-hydrogen) atoms. The molecule has 0 fully saturated rings. The molecular formula is C62H36N2O. The lowest BCUT2D eigenvalue weighted by atomic mass is 9.70. The number of rotatable bonds is 3. The van der Waals surface area contributed by atoms with Crippen LogP contribution in [0, 0.1) is 0 Å². The Morgan fingerprint density at radius 2 is 0.892 bits per heavy atom. The standard InChI is InChI=1S/C62H36N2O/c65-61-46-31-27-39(37-13-2-1-3-14-37)35-49(46)44-19-12-20-45-50-36-40(28-33-56(50)64(61)60(44)45)38-25-29-41(30-26-38)63-55-24-11-7-18-48(55)59-57(63)34-32-54-58(59)47-17-6-10-23-53(47)62(54)51-21-8-4-15-42(51)43-16-5-9-22-52(43)62/h1-36H. The first-order valence-corrected chi connectivity index (χ1v) is 22.5. The van der Waals surface area contributed by atoms with E-state index in [1.54, 1.807) is 0 Å². The van der Waals surface area contributed by atoms with Gasteiger partial charge < -0.3 is 4.57 Å². The lowest BCUT2D eigenvalue weighted by Gasteiger charge is -2.30. The van der Waals surface area contributed by atoms with Gasteiger partial charge in [-0.25, -0.2) is 0 Å². The highest BCUT2D eigenvalue weighted by molar-refractivity contribution is 6.21. The Balaban J connectivity index is 0.893. The number of hydrogen-bond acceptors (Lipinski definition) is 1. The molecule has 3 nitrogen and oxygen atoms in total. The molecule has 3 heterocycles. The fourth-order valence-electron chi connectivity index (χ4n) is 12.3. The zero-order chi connectivity index (χ0) is 42.5. The van der Waals surface area contributed by atoms with Crippen molar-refractivity contribution in [2.75, 3.05) is 0 Å². The zero-order valence-corrected chi connectivity index (χ0v) is 35.1. The summed E-state index contributed by atoms with van der Waals surface area (Å²) < 4.78 is 4.38. The summed E-state index contributed by atoms with van der Waals surface area (Å²) in [5.41, 5.74) is 20.2. The van der Waals surface area contributed by atoms with Crippen LogP contribution in [-0.4, -0.2) is 8.97 Å². The number of nitrogens with zero attached hydrogens (tertiary/aromatic N) is 2. The van der Waals surface area contributed by atoms with Gasteiger partial charge >= 0.3 is 0 Å². The monoisotopic (exact) mass is 824 g/mol. The summed E-state index contributed by atoms with van der Waals surface area (Å²) in [7, 11) is 0. The van der Waals surface area contributed by atoms with Gasteiger partial charge in [-0.1, -0.05) is 170 Å². The van der Waals surface area contributed by atoms with Crippen molar-refractivity contribution in [2.24, 2.45) is 0 Å². The van der Waals surface area contributed by atoms with E-state index in [0.717, 1.165) is 65.9 Å². The first-order chi connectivity index (χ1) is 32.2. The number of aromatic nitrogens is 2. The number of pyridine rings is 1. The van der Waals surface area contributed by atoms with E-state index >= 15 is 0 Å². The lowest BCUT2D eigenvalue weighted by molar-refractivity contribution is 0.794. The molecule has 3 aromatic heterocycles. The van der Waals surface area contributed by atoms with Gasteiger partial charge in [0.1, 0.15) is 0 Å². The highest BCUT2D eigenvalue weighted by atomic mass is 16.1. The van der Waals surface area contributed by atoms with Crippen LogP contribution in [0.2, 0.25) is 0 Å². The van der Waals surface area contributed by atoms with Crippen LogP contribution in [0.3, 0.4) is 0 Å². The molecule has 0 atom stereocenters. The smallest absolute Gasteiger partial charge is 0.263 e. The van der Waals surface area contributed by atoms with Crippen molar-refractivity contribution in [3.63, 3.8) is 0 Å². The SMILES string of the molecule is O=c1c2ccc(-c3ccccc3)cc2c2cccc3c4cc(-c5ccc(-n6c7ccccc7c7c8c(ccc76)C6(c7ccccc7-c7ccccc76)c6ccccc6-8)cc5)ccc4n1c23. The normalized spacial score (nSPS) is 13.4. The average Bonchev–Trinajstić information content (AvgIpc) is 4.08. The third kappa shape index (κ3) is 4.37. The molecule has 300 valence electrons. The Labute approximate surface area is 373 Å². The highest BCUT2D eigenvalue weighted by Gasteiger charge is 2.52. The van der Waals surface area contributed by atoms with Gasteiger partial charge in [0.25, 0.3) is 5.56 Å². The molecule has 0 bridgehead atoms. The fourth-order valence-corrected chi connectivity index (χ4v) is 12.3. The van der Waals surface area contributed by atoms with Gasteiger partial charge in [-0.05, 0) is 121 Å². The Hall–Kier alpha value is -8.53. The molecule has 2 aliphatic rings. The summed E-state index contributed by atoms with van der Waals surface area (Å²) >= 11 is 0. The second-order valence-corrected chi connectivity index (χ2v) is 17.9. The molecule has 10 aromatic carbocycles. The second-order valence-electron chi connectivity index (χ2n) is 17.9. The van der Waals surface area contributed by atoms with Crippen molar-refractivity contribution in [1.29, 1.82) is 0 Å². The number of para-hydroxylation sites is 2. The number of fused-ring (bicyclic) bond motifs is 19. The van der Waals surface area contributed by atoms with Crippen LogP contribution in [0.5, 0.6) is 0 Å². The highest BCUT2D eigenvalue weighted by Crippen LogP contribution is 2.64. The number of hydrogen-bond donors (Lipinski definition) is 0. The van der Waals surface area contributed by atoms with Crippen LogP contribution in [0.4, 0.5) is 0 Å². The van der Waals surface area contributed by atoms with Gasteiger partial charge in [0, 0.05) is 38.0 Å². The molecule has 3 heteroatoms. The third-order valence-corrected chi connectivity index (χ3v) is 14.9. The molecule has 0 saturated heterocycles. The predicted octanol–water partition coefficient (Wildman–Crippen LogP) is 15.0. The predicted molar refractivity (Wildman–Crippen MR) is 269 cm³/mol. The van der Waals surface area contributed by atoms with Crippen molar-refractivity contribution < 1.29 is 0 Å². The fraction of sp³-hybridized carbons (Fsp3) is 0.0161. The average molecular weight is 825 g/mol. The minimum atomic E-state index is -0.395. The maximum atomic E-state index is 14.4. The van der Waals surface area contributed by atoms with Crippen LogP contribution >= 0.6 is 0 Å². The molecule has 1 spiro atoms. The van der Waals surface area contributed by atoms with Gasteiger partial charge in [-0.3, -0.25) is 9.20 Å². The summed E-state index contributed by atoms with van der Waals surface area (Å²) in [4.78, 5) is 14.4. The maximum absolute atomic E-state index is 14.4. The molecule has 0 saturated carbocycles. The molecule has 0 unspecified atom stereocenters. The minimum Gasteiger partial charge on any atom is -0.309 e. The van der Waals surface area contributed by atoms with Crippen LogP contribution < -0.4 is 5.56 Å². The van der Waals surface area contributed by atoms with E-state index in [1.165, 1.54) is 66.3 Å². The van der Waals surface area contributed by atoms with E-state index in [0.29, 0.717) is 0 Å².